The highest BCUT2D eigenvalue weighted by molar-refractivity contribution is 5.99. The topological polar surface area (TPSA) is 59.2 Å². The zero-order valence-electron chi connectivity index (χ0n) is 21.0. The number of hydrogen-bond acceptors (Lipinski definition) is 4. The third-order valence-electron chi connectivity index (χ3n) is 9.76. The number of benzene rings is 1. The fourth-order valence-corrected chi connectivity index (χ4v) is 7.37. The van der Waals surface area contributed by atoms with E-state index in [4.69, 9.17) is 4.52 Å². The molecular weight excluding hydrogens is 512 g/mol. The van der Waals surface area contributed by atoms with Gasteiger partial charge in [0.1, 0.15) is 6.17 Å². The Labute approximate surface area is 215 Å². The SMILES string of the molecule is CC(F)(F)c1nc(C23CCC(CN(C(=O)C45CC(F)C(C4)C5)c4cccc(C(F)(F)F)c4)(CC2)CC3)no1. The summed E-state index contributed by atoms with van der Waals surface area (Å²) in [5, 5.41) is 3.87. The van der Waals surface area contributed by atoms with Crippen molar-refractivity contribution in [2.75, 3.05) is 11.4 Å². The largest absolute Gasteiger partial charge is 0.416 e. The lowest BCUT2D eigenvalue weighted by molar-refractivity contribution is -0.138. The molecule has 1 heterocycles. The van der Waals surface area contributed by atoms with E-state index in [1.54, 1.807) is 0 Å². The van der Waals surface area contributed by atoms with Gasteiger partial charge in [0.25, 0.3) is 5.89 Å². The van der Waals surface area contributed by atoms with Crippen molar-refractivity contribution in [1.29, 1.82) is 0 Å². The lowest BCUT2D eigenvalue weighted by atomic mass is 9.53. The van der Waals surface area contributed by atoms with Gasteiger partial charge in [-0.3, -0.25) is 4.79 Å². The molecule has 0 saturated heterocycles. The van der Waals surface area contributed by atoms with Crippen molar-refractivity contribution in [3.05, 3.63) is 41.5 Å². The van der Waals surface area contributed by atoms with E-state index in [1.165, 1.54) is 17.0 Å². The number of nitrogens with zero attached hydrogens (tertiary/aromatic N) is 3. The van der Waals surface area contributed by atoms with Gasteiger partial charge in [0.2, 0.25) is 5.91 Å². The number of hydrogen-bond donors (Lipinski definition) is 0. The molecule has 0 aliphatic heterocycles. The second-order valence-corrected chi connectivity index (χ2v) is 12.2. The van der Waals surface area contributed by atoms with Gasteiger partial charge in [0.05, 0.1) is 11.0 Å². The van der Waals surface area contributed by atoms with Crippen LogP contribution in [0.4, 0.5) is 32.0 Å². The molecule has 38 heavy (non-hydrogen) atoms. The van der Waals surface area contributed by atoms with Crippen LogP contribution in [0.5, 0.6) is 0 Å². The minimum absolute atomic E-state index is 0.115. The molecule has 11 heteroatoms. The molecule has 1 amide bonds. The molecule has 2 aromatic rings. The van der Waals surface area contributed by atoms with Crippen molar-refractivity contribution in [3.8, 4) is 0 Å². The summed E-state index contributed by atoms with van der Waals surface area (Å²) in [5.74, 6) is -4.13. The number of amides is 1. The number of aromatic nitrogens is 2. The van der Waals surface area contributed by atoms with E-state index >= 15 is 0 Å². The molecule has 206 valence electrons. The zero-order valence-corrected chi connectivity index (χ0v) is 21.0. The van der Waals surface area contributed by atoms with Gasteiger partial charge in [-0.15, -0.1) is 0 Å². The number of carbonyl (C=O) groups excluding carboxylic acids is 1. The normalized spacial score (nSPS) is 34.3. The first-order valence-corrected chi connectivity index (χ1v) is 13.1. The van der Waals surface area contributed by atoms with Crippen LogP contribution in [-0.2, 0) is 22.3 Å². The van der Waals surface area contributed by atoms with Crippen LogP contribution in [0, 0.1) is 16.7 Å². The van der Waals surface area contributed by atoms with Gasteiger partial charge in [0.15, 0.2) is 5.82 Å². The monoisotopic (exact) mass is 541 g/mol. The summed E-state index contributed by atoms with van der Waals surface area (Å²) < 4.78 is 87.1. The molecular formula is C27H29F6N3O2. The Bertz CT molecular complexity index is 1220. The summed E-state index contributed by atoms with van der Waals surface area (Å²) in [7, 11) is 0. The Morgan fingerprint density at radius 2 is 1.71 bits per heavy atom. The lowest BCUT2D eigenvalue weighted by Crippen LogP contribution is -2.54. The fraction of sp³-hybridized carbons (Fsp3) is 0.667. The lowest BCUT2D eigenvalue weighted by Gasteiger charge is -2.54. The second kappa shape index (κ2) is 8.21. The van der Waals surface area contributed by atoms with E-state index in [9.17, 15) is 31.1 Å². The predicted molar refractivity (Wildman–Crippen MR) is 124 cm³/mol. The van der Waals surface area contributed by atoms with E-state index in [0.717, 1.165) is 12.1 Å². The number of rotatable bonds is 6. The smallest absolute Gasteiger partial charge is 0.333 e. The van der Waals surface area contributed by atoms with Gasteiger partial charge >= 0.3 is 12.1 Å². The van der Waals surface area contributed by atoms with Crippen molar-refractivity contribution in [1.82, 2.24) is 10.1 Å². The Hall–Kier alpha value is -2.59. The van der Waals surface area contributed by atoms with Gasteiger partial charge in [-0.1, -0.05) is 11.2 Å². The summed E-state index contributed by atoms with van der Waals surface area (Å²) in [6.07, 6.45) is -0.902. The van der Waals surface area contributed by atoms with E-state index < -0.39 is 40.6 Å². The summed E-state index contributed by atoms with van der Waals surface area (Å²) in [6, 6.07) is 4.79. The maximum atomic E-state index is 14.3. The summed E-state index contributed by atoms with van der Waals surface area (Å²) >= 11 is 0. The molecule has 6 aliphatic rings. The van der Waals surface area contributed by atoms with Gasteiger partial charge in [-0.05, 0) is 87.3 Å². The van der Waals surface area contributed by atoms with Crippen LogP contribution in [0.1, 0.15) is 82.0 Å². The van der Waals surface area contributed by atoms with Crippen LogP contribution in [0.2, 0.25) is 0 Å². The molecule has 1 unspecified atom stereocenters. The number of alkyl halides is 6. The van der Waals surface area contributed by atoms with Crippen LogP contribution >= 0.6 is 0 Å². The average molecular weight is 542 g/mol. The maximum Gasteiger partial charge on any atom is 0.416 e. The van der Waals surface area contributed by atoms with Gasteiger partial charge in [-0.25, -0.2) is 4.39 Å². The van der Waals surface area contributed by atoms with Crippen molar-refractivity contribution >= 4 is 11.6 Å². The second-order valence-electron chi connectivity index (χ2n) is 12.2. The minimum atomic E-state index is -4.56. The first-order chi connectivity index (χ1) is 17.7. The molecule has 6 fully saturated rings. The predicted octanol–water partition coefficient (Wildman–Crippen LogP) is 6.96. The van der Waals surface area contributed by atoms with Crippen molar-refractivity contribution in [2.45, 2.75) is 88.4 Å². The third kappa shape index (κ3) is 4.02. The van der Waals surface area contributed by atoms with E-state index in [0.29, 0.717) is 58.3 Å². The highest BCUT2D eigenvalue weighted by Gasteiger charge is 2.62. The molecule has 6 aliphatic carbocycles. The quantitative estimate of drug-likeness (QED) is 0.371. The van der Waals surface area contributed by atoms with Gasteiger partial charge < -0.3 is 9.42 Å². The van der Waals surface area contributed by atoms with E-state index in [-0.39, 0.29) is 41.7 Å². The van der Waals surface area contributed by atoms with E-state index in [2.05, 4.69) is 10.1 Å². The fourth-order valence-electron chi connectivity index (χ4n) is 7.37. The average Bonchev–Trinajstić information content (AvgIpc) is 3.56. The first kappa shape index (κ1) is 25.7. The van der Waals surface area contributed by atoms with Crippen molar-refractivity contribution in [2.24, 2.45) is 16.7 Å². The van der Waals surface area contributed by atoms with E-state index in [1.807, 2.05) is 0 Å². The highest BCUT2D eigenvalue weighted by atomic mass is 19.4. The molecule has 5 nitrogen and oxygen atoms in total. The molecule has 0 N–H and O–H groups in total. The Balaban J connectivity index is 1.27. The summed E-state index contributed by atoms with van der Waals surface area (Å²) in [4.78, 5) is 19.4. The van der Waals surface area contributed by atoms with Crippen LogP contribution in [0.25, 0.3) is 0 Å². The highest BCUT2D eigenvalue weighted by Crippen LogP contribution is 2.62. The molecule has 1 atom stereocenters. The zero-order chi connectivity index (χ0) is 27.1. The number of anilines is 1. The molecule has 8 rings (SSSR count). The first-order valence-electron chi connectivity index (χ1n) is 13.1. The molecule has 6 saturated carbocycles. The number of fused-ring (bicyclic) bond motifs is 4. The van der Waals surface area contributed by atoms with Crippen molar-refractivity contribution < 1.29 is 35.7 Å². The summed E-state index contributed by atoms with van der Waals surface area (Å²) in [5.41, 5.74) is -2.35. The maximum absolute atomic E-state index is 14.3. The standard InChI is InChI=1S/C27H29F6N3O2/c1-23(29,30)21-34-20(35-38-21)25-8-5-24(6-9-25,7-10-25)15-36(18-4-2-3-17(11-18)27(31,32)33)22(37)26-12-16(13-26)19(28)14-26/h2-4,11,16,19H,5-10,12-15H2,1H3. The molecule has 1 aromatic carbocycles. The molecule has 0 spiro atoms. The van der Waals surface area contributed by atoms with Gasteiger partial charge in [-0.2, -0.15) is 26.9 Å². The van der Waals surface area contributed by atoms with Crippen molar-refractivity contribution in [3.63, 3.8) is 0 Å². The minimum Gasteiger partial charge on any atom is -0.333 e. The Morgan fingerprint density at radius 1 is 1.05 bits per heavy atom. The summed E-state index contributed by atoms with van der Waals surface area (Å²) in [6.45, 7) is 0.935. The third-order valence-corrected chi connectivity index (χ3v) is 9.76. The molecule has 0 radical (unpaired) electrons. The molecule has 1 aromatic heterocycles. The van der Waals surface area contributed by atoms with Gasteiger partial charge in [0, 0.05) is 24.6 Å². The van der Waals surface area contributed by atoms with Crippen LogP contribution in [0.3, 0.4) is 0 Å². The Morgan fingerprint density at radius 3 is 2.24 bits per heavy atom. The number of carbonyl (C=O) groups is 1. The van der Waals surface area contributed by atoms with Crippen LogP contribution in [0.15, 0.2) is 28.8 Å². The van der Waals surface area contributed by atoms with Crippen LogP contribution < -0.4 is 4.90 Å². The van der Waals surface area contributed by atoms with Crippen LogP contribution in [-0.4, -0.2) is 28.8 Å². The molecule has 4 bridgehead atoms. The Kier molecular flexibility index (Phi) is 5.55. The number of halogens is 6.